The summed E-state index contributed by atoms with van der Waals surface area (Å²) in [6.45, 7) is 0. The van der Waals surface area contributed by atoms with Crippen molar-refractivity contribution in [2.24, 2.45) is 0 Å². The van der Waals surface area contributed by atoms with Crippen LogP contribution in [0.15, 0.2) is 109 Å². The van der Waals surface area contributed by atoms with Gasteiger partial charge in [-0.15, -0.1) is 0 Å². The van der Waals surface area contributed by atoms with Gasteiger partial charge in [0.2, 0.25) is 0 Å². The smallest absolute Gasteiger partial charge is 1.00 e. The molecule has 1 aromatic heterocycles. The maximum Gasteiger partial charge on any atom is 2.00 e. The first-order valence-corrected chi connectivity index (χ1v) is 11.0. The third kappa shape index (κ3) is 4.68. The van der Waals surface area contributed by atoms with Crippen LogP contribution in [-0.2, 0) is 21.7 Å². The molecule has 6 aromatic rings. The Morgan fingerprint density at radius 2 is 1.03 bits per heavy atom. The molecule has 0 fully saturated rings. The van der Waals surface area contributed by atoms with Gasteiger partial charge in [0.1, 0.15) is 11.5 Å². The van der Waals surface area contributed by atoms with Crippen LogP contribution in [0.3, 0.4) is 0 Å². The van der Waals surface area contributed by atoms with E-state index < -0.39 is 5.92 Å². The number of phenolic OH excluding ortho intramolecular Hbond substituents is 2. The molecule has 0 saturated heterocycles. The SMILES string of the molecule is Oc1c(C(c2cnc3ccccc3c2)c2ccc3ccccc3c2O)ccc2ccccc12.[Cl-].[Cl-].[Ti+2]. The number of benzene rings is 5. The number of hydrogen-bond acceptors (Lipinski definition) is 3. The van der Waals surface area contributed by atoms with Gasteiger partial charge < -0.3 is 35.0 Å². The zero-order valence-electron chi connectivity index (χ0n) is 19.1. The molecule has 0 bridgehead atoms. The van der Waals surface area contributed by atoms with Crippen molar-refractivity contribution in [2.75, 3.05) is 0 Å². The molecule has 0 radical (unpaired) electrons. The monoisotopic (exact) mass is 545 g/mol. The Bertz CT molecular complexity index is 1590. The molecule has 6 rings (SSSR count). The number of pyridine rings is 1. The first-order chi connectivity index (χ1) is 16.2. The van der Waals surface area contributed by atoms with E-state index in [4.69, 9.17) is 0 Å². The van der Waals surface area contributed by atoms with Gasteiger partial charge in [-0.05, 0) is 28.5 Å². The largest absolute Gasteiger partial charge is 2.00 e. The molecule has 0 amide bonds. The van der Waals surface area contributed by atoms with Crippen LogP contribution >= 0.6 is 0 Å². The van der Waals surface area contributed by atoms with Crippen LogP contribution in [0.5, 0.6) is 11.5 Å². The van der Waals surface area contributed by atoms with Crippen LogP contribution in [0.1, 0.15) is 22.6 Å². The van der Waals surface area contributed by atoms with Crippen LogP contribution in [0.2, 0.25) is 0 Å². The third-order valence-electron chi connectivity index (χ3n) is 6.43. The van der Waals surface area contributed by atoms with Gasteiger partial charge >= 0.3 is 21.7 Å². The molecule has 5 aromatic carbocycles. The minimum absolute atomic E-state index is 0. The van der Waals surface area contributed by atoms with Gasteiger partial charge in [-0.2, -0.15) is 0 Å². The second-order valence-corrected chi connectivity index (χ2v) is 8.34. The molecule has 0 aliphatic heterocycles. The van der Waals surface area contributed by atoms with Crippen LogP contribution in [0, 0.1) is 0 Å². The summed E-state index contributed by atoms with van der Waals surface area (Å²) in [7, 11) is 0. The van der Waals surface area contributed by atoms with Crippen molar-refractivity contribution in [3.63, 3.8) is 0 Å². The minimum atomic E-state index is -0.392. The van der Waals surface area contributed by atoms with E-state index in [9.17, 15) is 10.2 Å². The van der Waals surface area contributed by atoms with E-state index in [0.717, 1.165) is 49.1 Å². The van der Waals surface area contributed by atoms with Crippen molar-refractivity contribution in [2.45, 2.75) is 5.92 Å². The predicted molar refractivity (Wildman–Crippen MR) is 134 cm³/mol. The topological polar surface area (TPSA) is 53.4 Å². The van der Waals surface area contributed by atoms with E-state index in [1.165, 1.54) is 0 Å². The van der Waals surface area contributed by atoms with Crippen LogP contribution in [0.4, 0.5) is 0 Å². The van der Waals surface area contributed by atoms with E-state index in [1.54, 1.807) is 0 Å². The van der Waals surface area contributed by atoms with Crippen molar-refractivity contribution in [1.29, 1.82) is 0 Å². The summed E-state index contributed by atoms with van der Waals surface area (Å²) in [5, 5.41) is 27.2. The fourth-order valence-corrected chi connectivity index (χ4v) is 4.78. The Balaban J connectivity index is 0.00000120. The van der Waals surface area contributed by atoms with Gasteiger partial charge in [-0.25, -0.2) is 0 Å². The maximum absolute atomic E-state index is 11.4. The van der Waals surface area contributed by atoms with Crippen molar-refractivity contribution in [1.82, 2.24) is 4.98 Å². The number of aromatic nitrogens is 1. The quantitative estimate of drug-likeness (QED) is 0.328. The molecule has 0 aliphatic carbocycles. The molecular formula is C30H21Cl2NO2Ti. The standard InChI is InChI=1S/C30H21NO2.2ClH.Ti/c32-29-23-10-4-1-7-19(23)13-15-25(29)28(22-17-21-9-3-6-12-27(21)31-18-22)26-16-14-20-8-2-5-11-24(20)30(26)33;;;/h1-18,28,32-33H;2*1H;/q;;;+2/p-2. The maximum atomic E-state index is 11.4. The second kappa shape index (κ2) is 11.3. The van der Waals surface area contributed by atoms with Gasteiger partial charge in [0.05, 0.1) is 5.52 Å². The fraction of sp³-hybridized carbons (Fsp3) is 0.0333. The van der Waals surface area contributed by atoms with Crippen LogP contribution in [-0.4, -0.2) is 15.2 Å². The van der Waals surface area contributed by atoms with Crippen molar-refractivity contribution in [3.05, 3.63) is 126 Å². The van der Waals surface area contributed by atoms with E-state index in [-0.39, 0.29) is 58.0 Å². The Hall–Kier alpha value is -3.08. The fourth-order valence-electron chi connectivity index (χ4n) is 4.78. The number of phenols is 2. The molecule has 0 atom stereocenters. The van der Waals surface area contributed by atoms with E-state index in [1.807, 2.05) is 103 Å². The summed E-state index contributed by atoms with van der Waals surface area (Å²) in [6.07, 6.45) is 1.84. The molecule has 0 unspecified atom stereocenters. The molecule has 0 spiro atoms. The molecule has 0 saturated carbocycles. The normalized spacial score (nSPS) is 10.6. The van der Waals surface area contributed by atoms with E-state index in [2.05, 4.69) is 11.1 Å². The number of rotatable bonds is 3. The van der Waals surface area contributed by atoms with Crippen molar-refractivity contribution < 1.29 is 56.7 Å². The number of para-hydroxylation sites is 1. The van der Waals surface area contributed by atoms with E-state index in [0.29, 0.717) is 0 Å². The number of nitrogens with zero attached hydrogens (tertiary/aromatic N) is 1. The van der Waals surface area contributed by atoms with Crippen molar-refractivity contribution >= 4 is 32.4 Å². The zero-order chi connectivity index (χ0) is 22.4. The molecule has 0 aliphatic rings. The van der Waals surface area contributed by atoms with Crippen LogP contribution < -0.4 is 24.8 Å². The Morgan fingerprint density at radius 3 is 1.58 bits per heavy atom. The Labute approximate surface area is 236 Å². The summed E-state index contributed by atoms with van der Waals surface area (Å²) in [5.74, 6) is 0.0500. The minimum Gasteiger partial charge on any atom is -1.00 e. The van der Waals surface area contributed by atoms with Crippen LogP contribution in [0.25, 0.3) is 32.4 Å². The average molecular weight is 546 g/mol. The molecule has 2 N–H and O–H groups in total. The number of aromatic hydroxyl groups is 2. The molecule has 1 heterocycles. The first kappa shape index (κ1) is 27.5. The summed E-state index contributed by atoms with van der Waals surface area (Å²) in [5.41, 5.74) is 3.28. The van der Waals surface area contributed by atoms with Gasteiger partial charge in [-0.1, -0.05) is 91.0 Å². The summed E-state index contributed by atoms with van der Waals surface area (Å²) < 4.78 is 0. The van der Waals surface area contributed by atoms with E-state index >= 15 is 0 Å². The average Bonchev–Trinajstić information content (AvgIpc) is 2.87. The third-order valence-corrected chi connectivity index (χ3v) is 6.43. The number of fused-ring (bicyclic) bond motifs is 3. The molecular weight excluding hydrogens is 525 g/mol. The molecule has 176 valence electrons. The zero-order valence-corrected chi connectivity index (χ0v) is 22.1. The van der Waals surface area contributed by atoms with Gasteiger partial charge in [0.25, 0.3) is 0 Å². The second-order valence-electron chi connectivity index (χ2n) is 8.34. The van der Waals surface area contributed by atoms with Gasteiger partial charge in [0, 0.05) is 39.4 Å². The number of halogens is 2. The Kier molecular flexibility index (Phi) is 8.65. The molecule has 36 heavy (non-hydrogen) atoms. The van der Waals surface area contributed by atoms with Gasteiger partial charge in [-0.3, -0.25) is 4.98 Å². The Morgan fingerprint density at radius 1 is 0.556 bits per heavy atom. The summed E-state index contributed by atoms with van der Waals surface area (Å²) in [4.78, 5) is 4.67. The first-order valence-electron chi connectivity index (χ1n) is 11.0. The summed E-state index contributed by atoms with van der Waals surface area (Å²) in [6, 6.07) is 33.6. The van der Waals surface area contributed by atoms with Gasteiger partial charge in [0.15, 0.2) is 0 Å². The number of hydrogen-bond donors (Lipinski definition) is 2. The van der Waals surface area contributed by atoms with Crippen molar-refractivity contribution in [3.8, 4) is 11.5 Å². The summed E-state index contributed by atoms with van der Waals surface area (Å²) >= 11 is 0. The predicted octanol–water partition coefficient (Wildman–Crippen LogP) is 1.14. The molecule has 3 nitrogen and oxygen atoms in total. The molecule has 6 heteroatoms.